The average molecular weight is 506 g/mol. The van der Waals surface area contributed by atoms with E-state index in [1.165, 1.54) is 16.7 Å². The summed E-state index contributed by atoms with van der Waals surface area (Å²) in [6, 6.07) is 13.8. The monoisotopic (exact) mass is 504 g/mol. The number of hydrogen-bond acceptors (Lipinski definition) is 3. The van der Waals surface area contributed by atoms with Crippen molar-refractivity contribution in [2.24, 2.45) is 5.92 Å². The van der Waals surface area contributed by atoms with Crippen LogP contribution < -0.4 is 5.32 Å². The number of benzene rings is 2. The third-order valence-corrected chi connectivity index (χ3v) is 6.35. The maximum atomic E-state index is 13.2. The Bertz CT molecular complexity index is 881. The van der Waals surface area contributed by atoms with Gasteiger partial charge < -0.3 is 10.2 Å². The van der Waals surface area contributed by atoms with Gasteiger partial charge in [-0.2, -0.15) is 0 Å². The molecule has 0 heterocycles. The highest BCUT2D eigenvalue weighted by Crippen LogP contribution is 2.19. The van der Waals surface area contributed by atoms with Crippen molar-refractivity contribution < 1.29 is 9.59 Å². The zero-order chi connectivity index (χ0) is 23.0. The van der Waals surface area contributed by atoms with Crippen LogP contribution in [0.3, 0.4) is 0 Å². The number of aryl methyl sites for hydroxylation is 2. The van der Waals surface area contributed by atoms with Crippen molar-refractivity contribution in [1.29, 1.82) is 0 Å². The van der Waals surface area contributed by atoms with Crippen molar-refractivity contribution >= 4 is 39.5 Å². The molecule has 2 aromatic carbocycles. The van der Waals surface area contributed by atoms with Gasteiger partial charge in [-0.15, -0.1) is 11.8 Å². The summed E-state index contributed by atoms with van der Waals surface area (Å²) in [7, 11) is 0. The standard InChI is InChI=1S/C25H33BrN2O2S/c1-17(2)13-27-25(30)20(5)28(14-21-7-6-8-23(26)12-21)24(29)16-31-15-22-10-18(3)9-19(4)11-22/h6-12,17,20H,13-16H2,1-5H3,(H,27,30)/t20-/m1/s1. The van der Waals surface area contributed by atoms with Gasteiger partial charge in [0.25, 0.3) is 0 Å². The maximum Gasteiger partial charge on any atom is 0.242 e. The lowest BCUT2D eigenvalue weighted by atomic mass is 10.1. The second-order valence-electron chi connectivity index (χ2n) is 8.46. The summed E-state index contributed by atoms with van der Waals surface area (Å²) in [6.45, 7) is 11.1. The predicted octanol–water partition coefficient (Wildman–Crippen LogP) is 5.49. The van der Waals surface area contributed by atoms with Crippen LogP contribution in [-0.4, -0.2) is 35.1 Å². The highest BCUT2D eigenvalue weighted by molar-refractivity contribution is 9.10. The Kier molecular flexibility index (Phi) is 10.1. The average Bonchev–Trinajstić information content (AvgIpc) is 2.69. The van der Waals surface area contributed by atoms with E-state index in [9.17, 15) is 9.59 Å². The number of thioether (sulfide) groups is 1. The van der Waals surface area contributed by atoms with Crippen LogP contribution in [0, 0.1) is 19.8 Å². The first kappa shape index (κ1) is 25.5. The van der Waals surface area contributed by atoms with Gasteiger partial charge in [0.05, 0.1) is 5.75 Å². The van der Waals surface area contributed by atoms with Crippen molar-refractivity contribution in [3.05, 3.63) is 69.2 Å². The van der Waals surface area contributed by atoms with Gasteiger partial charge in [-0.3, -0.25) is 9.59 Å². The van der Waals surface area contributed by atoms with E-state index < -0.39 is 6.04 Å². The molecule has 0 aromatic heterocycles. The van der Waals surface area contributed by atoms with Gasteiger partial charge in [-0.25, -0.2) is 0 Å². The topological polar surface area (TPSA) is 49.4 Å². The fourth-order valence-electron chi connectivity index (χ4n) is 3.36. The van der Waals surface area contributed by atoms with Gasteiger partial charge in [0.2, 0.25) is 11.8 Å². The molecular formula is C25H33BrN2O2S. The lowest BCUT2D eigenvalue weighted by molar-refractivity contribution is -0.138. The maximum absolute atomic E-state index is 13.2. The van der Waals surface area contributed by atoms with E-state index in [0.29, 0.717) is 24.8 Å². The van der Waals surface area contributed by atoms with E-state index in [1.807, 2.05) is 24.3 Å². The second-order valence-corrected chi connectivity index (χ2v) is 10.4. The zero-order valence-corrected chi connectivity index (χ0v) is 21.5. The van der Waals surface area contributed by atoms with E-state index in [-0.39, 0.29) is 11.8 Å². The van der Waals surface area contributed by atoms with Crippen LogP contribution >= 0.6 is 27.7 Å². The van der Waals surface area contributed by atoms with Gasteiger partial charge in [-0.05, 0) is 49.9 Å². The van der Waals surface area contributed by atoms with E-state index >= 15 is 0 Å². The molecule has 1 N–H and O–H groups in total. The summed E-state index contributed by atoms with van der Waals surface area (Å²) in [4.78, 5) is 27.5. The molecular weight excluding hydrogens is 472 g/mol. The summed E-state index contributed by atoms with van der Waals surface area (Å²) >= 11 is 5.08. The SMILES string of the molecule is Cc1cc(C)cc(CSCC(=O)N(Cc2cccc(Br)c2)[C@H](C)C(=O)NCC(C)C)c1. The molecule has 0 bridgehead atoms. The minimum Gasteiger partial charge on any atom is -0.354 e. The third-order valence-electron chi connectivity index (χ3n) is 4.87. The molecule has 2 amide bonds. The largest absolute Gasteiger partial charge is 0.354 e. The fourth-order valence-corrected chi connectivity index (χ4v) is 4.65. The number of amides is 2. The van der Waals surface area contributed by atoms with Crippen molar-refractivity contribution in [2.75, 3.05) is 12.3 Å². The molecule has 0 fully saturated rings. The summed E-state index contributed by atoms with van der Waals surface area (Å²) in [6.07, 6.45) is 0. The van der Waals surface area contributed by atoms with Crippen LogP contribution in [0.2, 0.25) is 0 Å². The molecule has 0 aliphatic carbocycles. The van der Waals surface area contributed by atoms with Crippen molar-refractivity contribution in [2.45, 2.75) is 53.0 Å². The molecule has 0 saturated carbocycles. The first-order chi connectivity index (χ1) is 14.7. The van der Waals surface area contributed by atoms with Gasteiger partial charge in [0.15, 0.2) is 0 Å². The molecule has 1 atom stereocenters. The number of nitrogens with zero attached hydrogens (tertiary/aromatic N) is 1. The molecule has 0 radical (unpaired) electrons. The summed E-state index contributed by atoms with van der Waals surface area (Å²) in [5.41, 5.74) is 4.67. The Balaban J connectivity index is 2.08. The van der Waals surface area contributed by atoms with Crippen LogP contribution in [0.15, 0.2) is 46.9 Å². The Morgan fingerprint density at radius 1 is 1.03 bits per heavy atom. The van der Waals surface area contributed by atoms with Crippen molar-refractivity contribution in [3.8, 4) is 0 Å². The predicted molar refractivity (Wildman–Crippen MR) is 134 cm³/mol. The smallest absolute Gasteiger partial charge is 0.242 e. The van der Waals surface area contributed by atoms with Crippen LogP contribution in [-0.2, 0) is 21.9 Å². The molecule has 2 rings (SSSR count). The third kappa shape index (κ3) is 8.69. The lowest BCUT2D eigenvalue weighted by Gasteiger charge is -2.29. The minimum absolute atomic E-state index is 0.0263. The second kappa shape index (κ2) is 12.3. The quantitative estimate of drug-likeness (QED) is 0.465. The molecule has 168 valence electrons. The molecule has 4 nitrogen and oxygen atoms in total. The van der Waals surface area contributed by atoms with Crippen molar-refractivity contribution in [3.63, 3.8) is 0 Å². The Labute approximate surface area is 199 Å². The van der Waals surface area contributed by atoms with Gasteiger partial charge >= 0.3 is 0 Å². The molecule has 31 heavy (non-hydrogen) atoms. The highest BCUT2D eigenvalue weighted by Gasteiger charge is 2.26. The van der Waals surface area contributed by atoms with Gasteiger partial charge in [0.1, 0.15) is 6.04 Å². The molecule has 0 aliphatic heterocycles. The molecule has 6 heteroatoms. The first-order valence-corrected chi connectivity index (χ1v) is 12.6. The van der Waals surface area contributed by atoms with Crippen molar-refractivity contribution in [1.82, 2.24) is 10.2 Å². The van der Waals surface area contributed by atoms with Crippen LogP contribution in [0.4, 0.5) is 0 Å². The Hall–Kier alpha value is -1.79. The highest BCUT2D eigenvalue weighted by atomic mass is 79.9. The fraction of sp³-hybridized carbons (Fsp3) is 0.440. The molecule has 2 aromatic rings. The van der Waals surface area contributed by atoms with E-state index in [0.717, 1.165) is 15.8 Å². The first-order valence-electron chi connectivity index (χ1n) is 10.6. The number of halogens is 1. The van der Waals surface area contributed by atoms with Gasteiger partial charge in [-0.1, -0.05) is 71.2 Å². The summed E-state index contributed by atoms with van der Waals surface area (Å²) < 4.78 is 0.957. The van der Waals surface area contributed by atoms with Crippen LogP contribution in [0.1, 0.15) is 43.0 Å². The zero-order valence-electron chi connectivity index (χ0n) is 19.1. The molecule has 0 spiro atoms. The number of hydrogen-bond donors (Lipinski definition) is 1. The van der Waals surface area contributed by atoms with Gasteiger partial charge in [0, 0.05) is 23.3 Å². The number of rotatable bonds is 10. The van der Waals surface area contributed by atoms with E-state index in [4.69, 9.17) is 0 Å². The minimum atomic E-state index is -0.535. The molecule has 0 saturated heterocycles. The number of nitrogens with one attached hydrogen (secondary N) is 1. The molecule has 0 aliphatic rings. The lowest BCUT2D eigenvalue weighted by Crippen LogP contribution is -2.48. The molecule has 0 unspecified atom stereocenters. The normalized spacial score (nSPS) is 12.0. The summed E-state index contributed by atoms with van der Waals surface area (Å²) in [5.74, 6) is 1.33. The Morgan fingerprint density at radius 3 is 2.32 bits per heavy atom. The number of carbonyl (C=O) groups excluding carboxylic acids is 2. The van der Waals surface area contributed by atoms with Crippen LogP contribution in [0.25, 0.3) is 0 Å². The summed E-state index contributed by atoms with van der Waals surface area (Å²) in [5, 5.41) is 2.96. The van der Waals surface area contributed by atoms with E-state index in [1.54, 1.807) is 23.6 Å². The number of carbonyl (C=O) groups is 2. The van der Waals surface area contributed by atoms with E-state index in [2.05, 4.69) is 67.1 Å². The van der Waals surface area contributed by atoms with Crippen LogP contribution in [0.5, 0.6) is 0 Å². The Morgan fingerprint density at radius 2 is 1.71 bits per heavy atom.